The molecule has 2 aromatic heterocycles. The molecule has 92 valence electrons. The Kier molecular flexibility index (Phi) is 3.98. The minimum atomic E-state index is -0.485. The summed E-state index contributed by atoms with van der Waals surface area (Å²) < 4.78 is 0. The Morgan fingerprint density at radius 2 is 2.16 bits per heavy atom. The molecular formula is C14H10N4O. The third-order valence-corrected chi connectivity index (χ3v) is 2.26. The van der Waals surface area contributed by atoms with Crippen molar-refractivity contribution in [2.75, 3.05) is 5.32 Å². The molecule has 0 saturated carbocycles. The van der Waals surface area contributed by atoms with Crippen molar-refractivity contribution in [3.63, 3.8) is 0 Å². The van der Waals surface area contributed by atoms with E-state index in [-0.39, 0.29) is 5.57 Å². The summed E-state index contributed by atoms with van der Waals surface area (Å²) in [7, 11) is 0. The molecular weight excluding hydrogens is 240 g/mol. The highest BCUT2D eigenvalue weighted by Gasteiger charge is 2.09. The number of rotatable bonds is 3. The fourth-order valence-corrected chi connectivity index (χ4v) is 1.39. The number of aromatic nitrogens is 2. The Morgan fingerprint density at radius 1 is 1.26 bits per heavy atom. The molecule has 0 aromatic carbocycles. The van der Waals surface area contributed by atoms with E-state index in [1.165, 1.54) is 12.3 Å². The molecule has 1 amide bonds. The Labute approximate surface area is 110 Å². The van der Waals surface area contributed by atoms with Crippen LogP contribution in [0.2, 0.25) is 0 Å². The first-order valence-electron chi connectivity index (χ1n) is 5.54. The highest BCUT2D eigenvalue weighted by molar-refractivity contribution is 6.09. The van der Waals surface area contributed by atoms with Gasteiger partial charge in [-0.15, -0.1) is 0 Å². The summed E-state index contributed by atoms with van der Waals surface area (Å²) in [5.41, 5.74) is 1.08. The van der Waals surface area contributed by atoms with Crippen LogP contribution in [-0.4, -0.2) is 15.9 Å². The summed E-state index contributed by atoms with van der Waals surface area (Å²) in [4.78, 5) is 19.8. The molecule has 1 N–H and O–H groups in total. The second-order valence-corrected chi connectivity index (χ2v) is 3.62. The number of carbonyl (C=O) groups excluding carboxylic acids is 1. The van der Waals surface area contributed by atoms with Crippen LogP contribution in [-0.2, 0) is 4.79 Å². The van der Waals surface area contributed by atoms with Gasteiger partial charge in [-0.25, -0.2) is 0 Å². The number of nitrogens with one attached hydrogen (secondary N) is 1. The Bertz CT molecular complexity index is 630. The second kappa shape index (κ2) is 6.07. The van der Waals surface area contributed by atoms with Crippen molar-refractivity contribution in [2.45, 2.75) is 0 Å². The SMILES string of the molecule is N#C/C(=C\c1ccccn1)C(=O)Nc1cccnc1. The molecule has 5 heteroatoms. The monoisotopic (exact) mass is 250 g/mol. The fourth-order valence-electron chi connectivity index (χ4n) is 1.39. The molecule has 5 nitrogen and oxygen atoms in total. The van der Waals surface area contributed by atoms with Crippen LogP contribution in [0.1, 0.15) is 5.69 Å². The number of nitriles is 1. The zero-order chi connectivity index (χ0) is 13.5. The molecule has 0 saturated heterocycles. The molecule has 2 aromatic rings. The summed E-state index contributed by atoms with van der Waals surface area (Å²) >= 11 is 0. The molecule has 0 spiro atoms. The molecule has 0 atom stereocenters. The standard InChI is InChI=1S/C14H10N4O/c15-9-11(8-12-4-1-2-7-17-12)14(19)18-13-5-3-6-16-10-13/h1-8,10H,(H,18,19)/b11-8+. The molecule has 0 aliphatic rings. The molecule has 0 bridgehead atoms. The van der Waals surface area contributed by atoms with Gasteiger partial charge in [-0.2, -0.15) is 5.26 Å². The average Bonchev–Trinajstić information content (AvgIpc) is 2.47. The largest absolute Gasteiger partial charge is 0.320 e. The van der Waals surface area contributed by atoms with E-state index < -0.39 is 5.91 Å². The first-order valence-corrected chi connectivity index (χ1v) is 5.54. The molecule has 19 heavy (non-hydrogen) atoms. The molecule has 0 radical (unpaired) electrons. The van der Waals surface area contributed by atoms with E-state index in [9.17, 15) is 4.79 Å². The van der Waals surface area contributed by atoms with Crippen molar-refractivity contribution in [1.82, 2.24) is 9.97 Å². The molecule has 2 rings (SSSR count). The maximum Gasteiger partial charge on any atom is 0.266 e. The van der Waals surface area contributed by atoms with Gasteiger partial charge in [0.1, 0.15) is 11.6 Å². The maximum atomic E-state index is 11.9. The van der Waals surface area contributed by atoms with Crippen LogP contribution in [0.4, 0.5) is 5.69 Å². The first kappa shape index (κ1) is 12.5. The second-order valence-electron chi connectivity index (χ2n) is 3.62. The summed E-state index contributed by atoms with van der Waals surface area (Å²) in [5.74, 6) is -0.485. The van der Waals surface area contributed by atoms with Crippen LogP contribution in [0.5, 0.6) is 0 Å². The lowest BCUT2D eigenvalue weighted by atomic mass is 10.2. The van der Waals surface area contributed by atoms with Gasteiger partial charge < -0.3 is 5.32 Å². The van der Waals surface area contributed by atoms with Gasteiger partial charge in [0.05, 0.1) is 17.6 Å². The normalized spacial score (nSPS) is 10.6. The number of carbonyl (C=O) groups is 1. The third kappa shape index (κ3) is 3.48. The highest BCUT2D eigenvalue weighted by Crippen LogP contribution is 2.08. The molecule has 2 heterocycles. The number of amides is 1. The van der Waals surface area contributed by atoms with Crippen LogP contribution in [0.25, 0.3) is 6.08 Å². The topological polar surface area (TPSA) is 78.7 Å². The smallest absolute Gasteiger partial charge is 0.266 e. The van der Waals surface area contributed by atoms with Crippen LogP contribution < -0.4 is 5.32 Å². The third-order valence-electron chi connectivity index (χ3n) is 2.26. The molecule has 0 fully saturated rings. The van der Waals surface area contributed by atoms with Crippen molar-refractivity contribution in [2.24, 2.45) is 0 Å². The number of anilines is 1. The van der Waals surface area contributed by atoms with Gasteiger partial charge >= 0.3 is 0 Å². The van der Waals surface area contributed by atoms with Crippen LogP contribution >= 0.6 is 0 Å². The summed E-state index contributed by atoms with van der Waals surface area (Å²) in [6.45, 7) is 0. The zero-order valence-electron chi connectivity index (χ0n) is 9.95. The van der Waals surface area contributed by atoms with Gasteiger partial charge in [0.25, 0.3) is 5.91 Å². The minimum absolute atomic E-state index is 0.0115. The van der Waals surface area contributed by atoms with Crippen LogP contribution in [0.3, 0.4) is 0 Å². The Hall–Kier alpha value is -3.00. The minimum Gasteiger partial charge on any atom is -0.320 e. The quantitative estimate of drug-likeness (QED) is 0.667. The van der Waals surface area contributed by atoms with E-state index in [2.05, 4.69) is 15.3 Å². The summed E-state index contributed by atoms with van der Waals surface area (Å²) in [5, 5.41) is 11.6. The van der Waals surface area contributed by atoms with E-state index in [1.807, 2.05) is 6.07 Å². The summed E-state index contributed by atoms with van der Waals surface area (Å²) in [6, 6.07) is 10.5. The maximum absolute atomic E-state index is 11.9. The van der Waals surface area contributed by atoms with Crippen molar-refractivity contribution in [1.29, 1.82) is 5.26 Å². The van der Waals surface area contributed by atoms with Gasteiger partial charge in [-0.1, -0.05) is 6.07 Å². The van der Waals surface area contributed by atoms with Gasteiger partial charge in [-0.3, -0.25) is 14.8 Å². The van der Waals surface area contributed by atoms with Crippen molar-refractivity contribution in [3.8, 4) is 6.07 Å². The molecule has 0 unspecified atom stereocenters. The van der Waals surface area contributed by atoms with E-state index in [0.717, 1.165) is 0 Å². The fraction of sp³-hybridized carbons (Fsp3) is 0. The van der Waals surface area contributed by atoms with E-state index in [4.69, 9.17) is 5.26 Å². The average molecular weight is 250 g/mol. The number of hydrogen-bond acceptors (Lipinski definition) is 4. The van der Waals surface area contributed by atoms with E-state index >= 15 is 0 Å². The summed E-state index contributed by atoms with van der Waals surface area (Å²) in [6.07, 6.45) is 6.14. The Morgan fingerprint density at radius 3 is 2.79 bits per heavy atom. The number of hydrogen-bond donors (Lipinski definition) is 1. The first-order chi connectivity index (χ1) is 9.29. The molecule has 0 aliphatic heterocycles. The van der Waals surface area contributed by atoms with Crippen LogP contribution in [0, 0.1) is 11.3 Å². The lowest BCUT2D eigenvalue weighted by molar-refractivity contribution is -0.112. The number of nitrogens with zero attached hydrogens (tertiary/aromatic N) is 3. The zero-order valence-corrected chi connectivity index (χ0v) is 9.95. The highest BCUT2D eigenvalue weighted by atomic mass is 16.1. The lowest BCUT2D eigenvalue weighted by Crippen LogP contribution is -2.13. The van der Waals surface area contributed by atoms with Crippen molar-refractivity contribution in [3.05, 3.63) is 60.2 Å². The van der Waals surface area contributed by atoms with E-state index in [0.29, 0.717) is 11.4 Å². The van der Waals surface area contributed by atoms with Gasteiger partial charge in [0.2, 0.25) is 0 Å². The lowest BCUT2D eigenvalue weighted by Gasteiger charge is -2.02. The van der Waals surface area contributed by atoms with Crippen LogP contribution in [0.15, 0.2) is 54.5 Å². The predicted octanol–water partition coefficient (Wildman–Crippen LogP) is 2.02. The van der Waals surface area contributed by atoms with Crippen molar-refractivity contribution < 1.29 is 4.79 Å². The predicted molar refractivity (Wildman–Crippen MR) is 70.7 cm³/mol. The number of pyridine rings is 2. The Balaban J connectivity index is 2.17. The van der Waals surface area contributed by atoms with Gasteiger partial charge in [0, 0.05) is 12.4 Å². The van der Waals surface area contributed by atoms with Gasteiger partial charge in [-0.05, 0) is 30.3 Å². The van der Waals surface area contributed by atoms with E-state index in [1.54, 1.807) is 42.7 Å². The van der Waals surface area contributed by atoms with Gasteiger partial charge in [0.15, 0.2) is 0 Å². The molecule has 0 aliphatic carbocycles. The van der Waals surface area contributed by atoms with Crippen molar-refractivity contribution >= 4 is 17.7 Å².